The Hall–Kier alpha value is -3.41. The first-order valence-electron chi connectivity index (χ1n) is 12.1. The molecule has 5 rings (SSSR count). The molecule has 0 radical (unpaired) electrons. The minimum absolute atomic E-state index is 0. The molecule has 0 aliphatic carbocycles. The fourth-order valence-electron chi connectivity index (χ4n) is 5.03. The van der Waals surface area contributed by atoms with Crippen molar-refractivity contribution in [2.24, 2.45) is 0 Å². The SMILES string of the molecule is Cl.O=C(O)c1cc(C2CC(CCNCCc3cccc4ccccc34)Oc3ccccc32)ccc1F. The third-order valence-electron chi connectivity index (χ3n) is 6.80. The highest BCUT2D eigenvalue weighted by Gasteiger charge is 2.30. The first-order valence-corrected chi connectivity index (χ1v) is 12.1. The second kappa shape index (κ2) is 11.5. The van der Waals surface area contributed by atoms with Gasteiger partial charge in [-0.15, -0.1) is 12.4 Å². The number of hydrogen-bond donors (Lipinski definition) is 2. The second-order valence-corrected chi connectivity index (χ2v) is 9.04. The first kappa shape index (κ1) is 25.7. The number of aromatic carboxylic acids is 1. The predicted octanol–water partition coefficient (Wildman–Crippen LogP) is 6.60. The number of carboxylic acids is 1. The molecule has 1 aliphatic heterocycles. The Morgan fingerprint density at radius 1 is 0.972 bits per heavy atom. The van der Waals surface area contributed by atoms with Gasteiger partial charge in [-0.3, -0.25) is 0 Å². The summed E-state index contributed by atoms with van der Waals surface area (Å²) < 4.78 is 20.3. The van der Waals surface area contributed by atoms with E-state index in [9.17, 15) is 14.3 Å². The Balaban J connectivity index is 0.00000304. The Bertz CT molecular complexity index is 1350. The Kier molecular flexibility index (Phi) is 8.24. The molecule has 0 bridgehead atoms. The van der Waals surface area contributed by atoms with E-state index in [1.807, 2.05) is 24.3 Å². The number of hydrogen-bond acceptors (Lipinski definition) is 3. The van der Waals surface area contributed by atoms with Crippen LogP contribution in [0.2, 0.25) is 0 Å². The van der Waals surface area contributed by atoms with E-state index in [2.05, 4.69) is 47.8 Å². The van der Waals surface area contributed by atoms with Crippen LogP contribution in [0.5, 0.6) is 5.75 Å². The molecule has 0 amide bonds. The van der Waals surface area contributed by atoms with Gasteiger partial charge in [0.05, 0.1) is 5.56 Å². The van der Waals surface area contributed by atoms with Crippen molar-refractivity contribution in [3.8, 4) is 5.75 Å². The van der Waals surface area contributed by atoms with Crippen LogP contribution in [0.25, 0.3) is 10.8 Å². The monoisotopic (exact) mass is 505 g/mol. The first-order chi connectivity index (χ1) is 17.1. The van der Waals surface area contributed by atoms with E-state index in [1.165, 1.54) is 28.5 Å². The number of nitrogens with one attached hydrogen (secondary N) is 1. The molecule has 4 aromatic carbocycles. The van der Waals surface area contributed by atoms with Crippen molar-refractivity contribution in [3.05, 3.63) is 113 Å². The van der Waals surface area contributed by atoms with Crippen LogP contribution in [0.4, 0.5) is 4.39 Å². The van der Waals surface area contributed by atoms with Crippen molar-refractivity contribution >= 4 is 29.1 Å². The van der Waals surface area contributed by atoms with Gasteiger partial charge < -0.3 is 15.2 Å². The van der Waals surface area contributed by atoms with Gasteiger partial charge in [0.15, 0.2) is 0 Å². The fraction of sp³-hybridized carbons (Fsp3) is 0.233. The van der Waals surface area contributed by atoms with Gasteiger partial charge in [-0.25, -0.2) is 9.18 Å². The third kappa shape index (κ3) is 5.53. The summed E-state index contributed by atoms with van der Waals surface area (Å²) in [6.07, 6.45) is 2.48. The van der Waals surface area contributed by atoms with Gasteiger partial charge in [0.1, 0.15) is 17.7 Å². The number of carbonyl (C=O) groups is 1. The summed E-state index contributed by atoms with van der Waals surface area (Å²) in [6, 6.07) is 27.1. The zero-order valence-electron chi connectivity index (χ0n) is 19.8. The molecular formula is C30H29ClFNO3. The van der Waals surface area contributed by atoms with Crippen molar-refractivity contribution in [3.63, 3.8) is 0 Å². The Morgan fingerprint density at radius 2 is 1.75 bits per heavy atom. The van der Waals surface area contributed by atoms with E-state index in [4.69, 9.17) is 4.74 Å². The van der Waals surface area contributed by atoms with Gasteiger partial charge >= 0.3 is 5.97 Å². The molecule has 2 N–H and O–H groups in total. The molecule has 0 saturated heterocycles. The summed E-state index contributed by atoms with van der Waals surface area (Å²) >= 11 is 0. The van der Waals surface area contributed by atoms with Crippen LogP contribution in [-0.2, 0) is 6.42 Å². The highest BCUT2D eigenvalue weighted by molar-refractivity contribution is 5.88. The molecule has 0 spiro atoms. The average Bonchev–Trinajstić information content (AvgIpc) is 2.88. The molecule has 6 heteroatoms. The zero-order chi connectivity index (χ0) is 24.2. The van der Waals surface area contributed by atoms with Crippen LogP contribution in [0, 0.1) is 5.82 Å². The number of ether oxygens (including phenoxy) is 1. The average molecular weight is 506 g/mol. The van der Waals surface area contributed by atoms with Crippen LogP contribution in [-0.4, -0.2) is 30.3 Å². The van der Waals surface area contributed by atoms with E-state index in [0.717, 1.165) is 42.8 Å². The molecular weight excluding hydrogens is 477 g/mol. The van der Waals surface area contributed by atoms with Gasteiger partial charge in [0.25, 0.3) is 0 Å². The van der Waals surface area contributed by atoms with Crippen LogP contribution in [0.3, 0.4) is 0 Å². The molecule has 36 heavy (non-hydrogen) atoms. The molecule has 0 fully saturated rings. The molecule has 1 heterocycles. The summed E-state index contributed by atoms with van der Waals surface area (Å²) in [6.45, 7) is 1.69. The van der Waals surface area contributed by atoms with Gasteiger partial charge in [-0.2, -0.15) is 0 Å². The normalized spacial score (nSPS) is 16.6. The molecule has 0 saturated carbocycles. The molecule has 4 nitrogen and oxygen atoms in total. The molecule has 186 valence electrons. The summed E-state index contributed by atoms with van der Waals surface area (Å²) in [5.74, 6) is -1.20. The number of fused-ring (bicyclic) bond motifs is 2. The van der Waals surface area contributed by atoms with Gasteiger partial charge in [-0.1, -0.05) is 66.7 Å². The highest BCUT2D eigenvalue weighted by atomic mass is 35.5. The van der Waals surface area contributed by atoms with Crippen molar-refractivity contribution < 1.29 is 19.0 Å². The van der Waals surface area contributed by atoms with Crippen molar-refractivity contribution in [1.82, 2.24) is 5.32 Å². The van der Waals surface area contributed by atoms with Crippen LogP contribution < -0.4 is 10.1 Å². The van der Waals surface area contributed by atoms with E-state index < -0.39 is 11.8 Å². The summed E-state index contributed by atoms with van der Waals surface area (Å²) in [5.41, 5.74) is 2.85. The van der Waals surface area contributed by atoms with Gasteiger partial charge in [0.2, 0.25) is 0 Å². The van der Waals surface area contributed by atoms with E-state index in [-0.39, 0.29) is 30.0 Å². The molecule has 1 aliphatic rings. The van der Waals surface area contributed by atoms with Gasteiger partial charge in [-0.05, 0) is 72.5 Å². The predicted molar refractivity (Wildman–Crippen MR) is 143 cm³/mol. The topological polar surface area (TPSA) is 58.6 Å². The summed E-state index contributed by atoms with van der Waals surface area (Å²) in [7, 11) is 0. The van der Waals surface area contributed by atoms with Crippen molar-refractivity contribution in [2.75, 3.05) is 13.1 Å². The third-order valence-corrected chi connectivity index (χ3v) is 6.80. The molecule has 0 aromatic heterocycles. The van der Waals surface area contributed by atoms with Crippen molar-refractivity contribution in [2.45, 2.75) is 31.3 Å². The molecule has 4 aromatic rings. The van der Waals surface area contributed by atoms with Crippen molar-refractivity contribution in [1.29, 1.82) is 0 Å². The number of rotatable bonds is 8. The van der Waals surface area contributed by atoms with Crippen LogP contribution in [0.1, 0.15) is 45.8 Å². The van der Waals surface area contributed by atoms with Gasteiger partial charge in [0, 0.05) is 11.5 Å². The standard InChI is InChI=1S/C30H28FNO3.ClH/c31-28-13-12-22(18-27(28)30(33)34)26-19-23(35-29-11-4-3-10-25(26)29)15-17-32-16-14-21-8-5-7-20-6-1-2-9-24(20)21;/h1-13,18,23,26,32H,14-17,19H2,(H,33,34);1H. The van der Waals surface area contributed by atoms with E-state index in [0.29, 0.717) is 6.42 Å². The fourth-order valence-corrected chi connectivity index (χ4v) is 5.03. The van der Waals surface area contributed by atoms with E-state index in [1.54, 1.807) is 6.07 Å². The lowest BCUT2D eigenvalue weighted by Gasteiger charge is -2.33. The lowest BCUT2D eigenvalue weighted by Crippen LogP contribution is -2.30. The summed E-state index contributed by atoms with van der Waals surface area (Å²) in [5, 5.41) is 15.5. The minimum atomic E-state index is -1.25. The number of benzene rings is 4. The molecule has 2 atom stereocenters. The Labute approximate surface area is 216 Å². The minimum Gasteiger partial charge on any atom is -0.490 e. The lowest BCUT2D eigenvalue weighted by molar-refractivity contribution is 0.0691. The van der Waals surface area contributed by atoms with Crippen LogP contribution in [0.15, 0.2) is 84.9 Å². The van der Waals surface area contributed by atoms with E-state index >= 15 is 0 Å². The zero-order valence-corrected chi connectivity index (χ0v) is 20.6. The second-order valence-electron chi connectivity index (χ2n) is 9.04. The largest absolute Gasteiger partial charge is 0.490 e. The van der Waals surface area contributed by atoms with Crippen LogP contribution >= 0.6 is 12.4 Å². The highest BCUT2D eigenvalue weighted by Crippen LogP contribution is 2.41. The summed E-state index contributed by atoms with van der Waals surface area (Å²) in [4.78, 5) is 11.5. The maximum atomic E-state index is 14.0. The number of halogens is 2. The molecule has 2 unspecified atom stereocenters. The maximum absolute atomic E-state index is 14.0. The smallest absolute Gasteiger partial charge is 0.338 e. The quantitative estimate of drug-likeness (QED) is 0.265. The number of carboxylic acid groups (broad SMARTS) is 1. The number of para-hydroxylation sites is 1. The maximum Gasteiger partial charge on any atom is 0.338 e. The lowest BCUT2D eigenvalue weighted by atomic mass is 9.83. The Morgan fingerprint density at radius 3 is 2.61 bits per heavy atom.